The number of piperidine rings is 1. The predicted molar refractivity (Wildman–Crippen MR) is 75.7 cm³/mol. The molecule has 1 aliphatic heterocycles. The predicted octanol–water partition coefficient (Wildman–Crippen LogP) is 2.14. The van der Waals surface area contributed by atoms with E-state index in [2.05, 4.69) is 24.1 Å². The van der Waals surface area contributed by atoms with Crippen LogP contribution in [0.4, 0.5) is 0 Å². The van der Waals surface area contributed by atoms with Gasteiger partial charge in [-0.2, -0.15) is 0 Å². The van der Waals surface area contributed by atoms with Gasteiger partial charge in [0.25, 0.3) is 0 Å². The molecule has 0 amide bonds. The van der Waals surface area contributed by atoms with Crippen LogP contribution in [0, 0.1) is 0 Å². The number of likely N-dealkylation sites (tertiary alicyclic amines) is 1. The summed E-state index contributed by atoms with van der Waals surface area (Å²) in [6.07, 6.45) is 8.54. The smallest absolute Gasteiger partial charge is 0.0695 e. The zero-order valence-electron chi connectivity index (χ0n) is 12.1. The Bertz CT molecular complexity index is 247. The molecule has 0 radical (unpaired) electrons. The van der Waals surface area contributed by atoms with Crippen molar-refractivity contribution >= 4 is 0 Å². The van der Waals surface area contributed by atoms with Crippen molar-refractivity contribution in [2.75, 3.05) is 13.1 Å². The number of nitrogens with zero attached hydrogens (tertiary/aromatic N) is 1. The fourth-order valence-electron chi connectivity index (χ4n) is 3.87. The molecule has 2 aliphatic rings. The average molecular weight is 254 g/mol. The van der Waals surface area contributed by atoms with Crippen LogP contribution < -0.4 is 5.32 Å². The summed E-state index contributed by atoms with van der Waals surface area (Å²) in [5.74, 6) is 0. The maximum absolute atomic E-state index is 10.3. The second kappa shape index (κ2) is 6.88. The van der Waals surface area contributed by atoms with Crippen LogP contribution in [0.5, 0.6) is 0 Å². The molecule has 2 rings (SSSR count). The molecule has 1 saturated heterocycles. The lowest BCUT2D eigenvalue weighted by Gasteiger charge is -2.47. The van der Waals surface area contributed by atoms with Gasteiger partial charge in [0.05, 0.1) is 6.10 Å². The highest BCUT2D eigenvalue weighted by Gasteiger charge is 2.36. The van der Waals surface area contributed by atoms with E-state index in [1.807, 2.05) is 0 Å². The summed E-state index contributed by atoms with van der Waals surface area (Å²) in [6, 6.07) is 1.59. The maximum Gasteiger partial charge on any atom is 0.0695 e. The van der Waals surface area contributed by atoms with Crippen LogP contribution in [0.15, 0.2) is 0 Å². The van der Waals surface area contributed by atoms with Gasteiger partial charge in [0.2, 0.25) is 0 Å². The highest BCUT2D eigenvalue weighted by Crippen LogP contribution is 2.30. The van der Waals surface area contributed by atoms with Gasteiger partial charge in [-0.3, -0.25) is 4.90 Å². The van der Waals surface area contributed by atoms with Crippen LogP contribution in [0.3, 0.4) is 0 Å². The molecule has 0 aromatic rings. The number of nitrogens with one attached hydrogen (secondary N) is 1. The molecule has 0 aromatic carbocycles. The molecule has 1 aliphatic carbocycles. The first-order chi connectivity index (χ1) is 8.74. The molecule has 2 N–H and O–H groups in total. The molecule has 1 heterocycles. The Hall–Kier alpha value is -0.120. The standard InChI is InChI=1S/C15H30N2O/c1-3-16-12(2)13-8-6-7-11-17(13)14-9-4-5-10-15(14)18/h12-16,18H,3-11H2,1-2H3. The molecule has 18 heavy (non-hydrogen) atoms. The van der Waals surface area contributed by atoms with Crippen LogP contribution in [-0.2, 0) is 0 Å². The van der Waals surface area contributed by atoms with E-state index < -0.39 is 0 Å². The second-order valence-corrected chi connectivity index (χ2v) is 6.07. The molecule has 3 nitrogen and oxygen atoms in total. The number of likely N-dealkylation sites (N-methyl/N-ethyl adjacent to an activating group) is 1. The van der Waals surface area contributed by atoms with Gasteiger partial charge in [0, 0.05) is 18.1 Å². The summed E-state index contributed by atoms with van der Waals surface area (Å²) in [5, 5.41) is 13.9. The van der Waals surface area contributed by atoms with Crippen molar-refractivity contribution in [1.82, 2.24) is 10.2 Å². The first-order valence-electron chi connectivity index (χ1n) is 7.91. The van der Waals surface area contributed by atoms with Crippen molar-refractivity contribution in [2.24, 2.45) is 0 Å². The summed E-state index contributed by atoms with van der Waals surface area (Å²) >= 11 is 0. The molecule has 0 spiro atoms. The van der Waals surface area contributed by atoms with Crippen molar-refractivity contribution in [3.05, 3.63) is 0 Å². The average Bonchev–Trinajstić information content (AvgIpc) is 2.40. The van der Waals surface area contributed by atoms with Crippen LogP contribution in [0.1, 0.15) is 58.8 Å². The third-order valence-corrected chi connectivity index (χ3v) is 4.82. The second-order valence-electron chi connectivity index (χ2n) is 6.07. The highest BCUT2D eigenvalue weighted by atomic mass is 16.3. The van der Waals surface area contributed by atoms with Gasteiger partial charge in [-0.15, -0.1) is 0 Å². The third kappa shape index (κ3) is 3.25. The van der Waals surface area contributed by atoms with Crippen molar-refractivity contribution in [1.29, 1.82) is 0 Å². The van der Waals surface area contributed by atoms with Crippen LogP contribution in [0.25, 0.3) is 0 Å². The van der Waals surface area contributed by atoms with E-state index in [9.17, 15) is 5.11 Å². The Balaban J connectivity index is 2.01. The van der Waals surface area contributed by atoms with Crippen LogP contribution in [-0.4, -0.2) is 47.3 Å². The maximum atomic E-state index is 10.3. The van der Waals surface area contributed by atoms with E-state index in [0.29, 0.717) is 18.1 Å². The minimum absolute atomic E-state index is 0.0897. The summed E-state index contributed by atoms with van der Waals surface area (Å²) in [6.45, 7) is 6.71. The molecule has 1 saturated carbocycles. The molecular formula is C15H30N2O. The first kappa shape index (κ1) is 14.3. The molecule has 0 aromatic heterocycles. The topological polar surface area (TPSA) is 35.5 Å². The number of aliphatic hydroxyl groups is 1. The van der Waals surface area contributed by atoms with Gasteiger partial charge >= 0.3 is 0 Å². The largest absolute Gasteiger partial charge is 0.391 e. The Kier molecular flexibility index (Phi) is 5.46. The van der Waals surface area contributed by atoms with Crippen molar-refractivity contribution in [2.45, 2.75) is 83.0 Å². The van der Waals surface area contributed by atoms with E-state index in [-0.39, 0.29) is 6.10 Å². The van der Waals surface area contributed by atoms with E-state index in [0.717, 1.165) is 13.0 Å². The molecule has 2 fully saturated rings. The van der Waals surface area contributed by atoms with Crippen LogP contribution >= 0.6 is 0 Å². The SMILES string of the molecule is CCNC(C)C1CCCCN1C1CCCCC1O. The minimum Gasteiger partial charge on any atom is -0.391 e. The van der Waals surface area contributed by atoms with Gasteiger partial charge < -0.3 is 10.4 Å². The number of aliphatic hydroxyl groups excluding tert-OH is 1. The van der Waals surface area contributed by atoms with Gasteiger partial charge in [-0.05, 0) is 45.7 Å². The normalized spacial score (nSPS) is 36.5. The van der Waals surface area contributed by atoms with Gasteiger partial charge in [0.15, 0.2) is 0 Å². The fraction of sp³-hybridized carbons (Fsp3) is 1.00. The summed E-state index contributed by atoms with van der Waals surface area (Å²) in [7, 11) is 0. The Morgan fingerprint density at radius 1 is 1.17 bits per heavy atom. The molecule has 4 unspecified atom stereocenters. The highest BCUT2D eigenvalue weighted by molar-refractivity contribution is 4.92. The quantitative estimate of drug-likeness (QED) is 0.807. The lowest BCUT2D eigenvalue weighted by Crippen LogP contribution is -2.58. The van der Waals surface area contributed by atoms with Crippen molar-refractivity contribution in [3.63, 3.8) is 0 Å². The fourth-order valence-corrected chi connectivity index (χ4v) is 3.87. The van der Waals surface area contributed by atoms with E-state index in [4.69, 9.17) is 0 Å². The Morgan fingerprint density at radius 2 is 1.89 bits per heavy atom. The number of hydrogen-bond acceptors (Lipinski definition) is 3. The summed E-state index contributed by atoms with van der Waals surface area (Å²) in [5.41, 5.74) is 0. The van der Waals surface area contributed by atoms with Crippen molar-refractivity contribution in [3.8, 4) is 0 Å². The zero-order valence-corrected chi connectivity index (χ0v) is 12.1. The number of hydrogen-bond donors (Lipinski definition) is 2. The molecule has 106 valence electrons. The lowest BCUT2D eigenvalue weighted by molar-refractivity contribution is -0.0225. The van der Waals surface area contributed by atoms with Crippen molar-refractivity contribution < 1.29 is 5.11 Å². The summed E-state index contributed by atoms with van der Waals surface area (Å²) < 4.78 is 0. The Morgan fingerprint density at radius 3 is 2.61 bits per heavy atom. The van der Waals surface area contributed by atoms with E-state index in [1.54, 1.807) is 0 Å². The van der Waals surface area contributed by atoms with Gasteiger partial charge in [0.1, 0.15) is 0 Å². The van der Waals surface area contributed by atoms with E-state index >= 15 is 0 Å². The molecular weight excluding hydrogens is 224 g/mol. The Labute approximate surface area is 112 Å². The summed E-state index contributed by atoms with van der Waals surface area (Å²) in [4.78, 5) is 2.63. The van der Waals surface area contributed by atoms with Gasteiger partial charge in [-0.1, -0.05) is 26.2 Å². The number of rotatable bonds is 4. The minimum atomic E-state index is -0.0897. The zero-order chi connectivity index (χ0) is 13.0. The molecule has 0 bridgehead atoms. The van der Waals surface area contributed by atoms with Gasteiger partial charge in [-0.25, -0.2) is 0 Å². The molecule has 4 atom stereocenters. The van der Waals surface area contributed by atoms with E-state index in [1.165, 1.54) is 45.1 Å². The monoisotopic (exact) mass is 254 g/mol. The lowest BCUT2D eigenvalue weighted by atomic mass is 9.86. The van der Waals surface area contributed by atoms with Crippen LogP contribution in [0.2, 0.25) is 0 Å². The first-order valence-corrected chi connectivity index (χ1v) is 7.91. The molecule has 3 heteroatoms. The third-order valence-electron chi connectivity index (χ3n) is 4.82.